The molecule has 0 spiro atoms. The minimum Gasteiger partial charge on any atom is -0.459 e. The van der Waals surface area contributed by atoms with Gasteiger partial charge in [-0.15, -0.1) is 0 Å². The highest BCUT2D eigenvalue weighted by Crippen LogP contribution is 2.24. The summed E-state index contributed by atoms with van der Waals surface area (Å²) in [6.45, 7) is 7.12. The van der Waals surface area contributed by atoms with Gasteiger partial charge in [-0.3, -0.25) is 0 Å². The average molecular weight is 280 g/mol. The first-order chi connectivity index (χ1) is 9.47. The molecule has 0 heterocycles. The van der Waals surface area contributed by atoms with Crippen molar-refractivity contribution in [1.29, 1.82) is 0 Å². The lowest BCUT2D eigenvalue weighted by atomic mass is 9.95. The van der Waals surface area contributed by atoms with Crippen LogP contribution in [0.2, 0.25) is 0 Å². The van der Waals surface area contributed by atoms with Gasteiger partial charge in [0.25, 0.3) is 0 Å². The van der Waals surface area contributed by atoms with Crippen molar-refractivity contribution in [1.82, 2.24) is 0 Å². The van der Waals surface area contributed by atoms with Gasteiger partial charge in [-0.25, -0.2) is 9.59 Å². The normalized spacial score (nSPS) is 24.2. The maximum atomic E-state index is 11.6. The number of allylic oxidation sites excluding steroid dienone is 2. The Morgan fingerprint density at radius 2 is 1.10 bits per heavy atom. The highest BCUT2D eigenvalue weighted by Gasteiger charge is 2.26. The number of hydrogen-bond acceptors (Lipinski definition) is 4. The number of carbonyl (C=O) groups is 2. The van der Waals surface area contributed by atoms with E-state index in [2.05, 4.69) is 0 Å². The number of carbonyl (C=O) groups excluding carboxylic acids is 2. The molecule has 0 saturated heterocycles. The summed E-state index contributed by atoms with van der Waals surface area (Å²) in [6, 6.07) is 0. The second-order valence-corrected chi connectivity index (χ2v) is 5.15. The Morgan fingerprint density at radius 1 is 0.800 bits per heavy atom. The third kappa shape index (κ3) is 4.83. The van der Waals surface area contributed by atoms with Crippen molar-refractivity contribution in [2.45, 2.75) is 65.6 Å². The van der Waals surface area contributed by atoms with E-state index in [1.54, 1.807) is 26.0 Å². The molecule has 1 rings (SSSR count). The van der Waals surface area contributed by atoms with Crippen molar-refractivity contribution < 1.29 is 19.1 Å². The lowest BCUT2D eigenvalue weighted by Crippen LogP contribution is -2.30. The minimum absolute atomic E-state index is 0.0600. The molecular weight excluding hydrogens is 256 g/mol. The van der Waals surface area contributed by atoms with Crippen LogP contribution in [0.15, 0.2) is 23.3 Å². The minimum atomic E-state index is -0.252. The van der Waals surface area contributed by atoms with Gasteiger partial charge in [0, 0.05) is 11.1 Å². The maximum absolute atomic E-state index is 11.6. The number of ether oxygens (including phenoxy) is 2. The van der Waals surface area contributed by atoms with Crippen LogP contribution in [0.1, 0.15) is 53.4 Å². The third-order valence-electron chi connectivity index (χ3n) is 3.68. The average Bonchev–Trinajstić information content (AvgIpc) is 2.47. The van der Waals surface area contributed by atoms with E-state index in [0.717, 1.165) is 25.7 Å². The van der Waals surface area contributed by atoms with Gasteiger partial charge < -0.3 is 9.47 Å². The predicted molar refractivity (Wildman–Crippen MR) is 77.1 cm³/mol. The SMILES string of the molecule is CC=C(C)C(=O)OC1CCC(OC(=O)C(C)=CC)CC1. The van der Waals surface area contributed by atoms with Gasteiger partial charge in [0.1, 0.15) is 12.2 Å². The molecule has 0 N–H and O–H groups in total. The molecule has 4 nitrogen and oxygen atoms in total. The molecule has 1 aliphatic carbocycles. The number of hydrogen-bond donors (Lipinski definition) is 0. The van der Waals surface area contributed by atoms with Crippen LogP contribution >= 0.6 is 0 Å². The zero-order valence-corrected chi connectivity index (χ0v) is 12.8. The summed E-state index contributed by atoms with van der Waals surface area (Å²) in [4.78, 5) is 23.3. The number of esters is 2. The monoisotopic (exact) mass is 280 g/mol. The highest BCUT2D eigenvalue weighted by atomic mass is 16.6. The first-order valence-electron chi connectivity index (χ1n) is 7.15. The van der Waals surface area contributed by atoms with Gasteiger partial charge in [-0.2, -0.15) is 0 Å². The molecule has 0 amide bonds. The van der Waals surface area contributed by atoms with E-state index < -0.39 is 0 Å². The largest absolute Gasteiger partial charge is 0.459 e. The molecule has 0 aliphatic heterocycles. The summed E-state index contributed by atoms with van der Waals surface area (Å²) < 4.78 is 10.8. The van der Waals surface area contributed by atoms with Gasteiger partial charge in [-0.1, -0.05) is 12.2 Å². The second-order valence-electron chi connectivity index (χ2n) is 5.15. The smallest absolute Gasteiger partial charge is 0.333 e. The lowest BCUT2D eigenvalue weighted by molar-refractivity contribution is -0.153. The molecule has 0 unspecified atom stereocenters. The van der Waals surface area contributed by atoms with Gasteiger partial charge in [-0.05, 0) is 53.4 Å². The molecule has 0 bridgehead atoms. The predicted octanol–water partition coefficient (Wildman–Crippen LogP) is 3.32. The fraction of sp³-hybridized carbons (Fsp3) is 0.625. The Hall–Kier alpha value is -1.58. The van der Waals surface area contributed by atoms with Crippen LogP contribution in [0.3, 0.4) is 0 Å². The Kier molecular flexibility index (Phi) is 6.49. The van der Waals surface area contributed by atoms with Crippen LogP contribution in [0.25, 0.3) is 0 Å². The summed E-state index contributed by atoms with van der Waals surface area (Å²) in [5.74, 6) is -0.504. The Labute approximate surface area is 120 Å². The van der Waals surface area contributed by atoms with E-state index in [4.69, 9.17) is 9.47 Å². The van der Waals surface area contributed by atoms with Crippen LogP contribution in [-0.2, 0) is 19.1 Å². The second kappa shape index (κ2) is 7.88. The molecule has 0 aromatic rings. The van der Waals surface area contributed by atoms with E-state index in [0.29, 0.717) is 11.1 Å². The molecule has 112 valence electrons. The summed E-state index contributed by atoms with van der Waals surface area (Å²) in [5.41, 5.74) is 1.25. The van der Waals surface area contributed by atoms with Gasteiger partial charge in [0.15, 0.2) is 0 Å². The van der Waals surface area contributed by atoms with E-state index >= 15 is 0 Å². The molecule has 1 fully saturated rings. The molecule has 0 aromatic heterocycles. The van der Waals surface area contributed by atoms with Crippen LogP contribution in [0.5, 0.6) is 0 Å². The molecule has 0 aromatic carbocycles. The molecular formula is C16H24O4. The van der Waals surface area contributed by atoms with Crippen molar-refractivity contribution in [3.63, 3.8) is 0 Å². The van der Waals surface area contributed by atoms with Crippen molar-refractivity contribution >= 4 is 11.9 Å². The Bertz CT molecular complexity index is 372. The molecule has 4 heteroatoms. The number of rotatable bonds is 4. The molecule has 20 heavy (non-hydrogen) atoms. The summed E-state index contributed by atoms with van der Waals surface area (Å²) in [6.07, 6.45) is 6.35. The van der Waals surface area contributed by atoms with E-state index in [-0.39, 0.29) is 24.1 Å². The van der Waals surface area contributed by atoms with Crippen molar-refractivity contribution in [3.8, 4) is 0 Å². The van der Waals surface area contributed by atoms with E-state index in [1.165, 1.54) is 0 Å². The molecule has 1 aliphatic rings. The maximum Gasteiger partial charge on any atom is 0.333 e. The van der Waals surface area contributed by atoms with Crippen LogP contribution in [0.4, 0.5) is 0 Å². The fourth-order valence-electron chi connectivity index (χ4n) is 1.99. The Balaban J connectivity index is 2.37. The van der Waals surface area contributed by atoms with E-state index in [9.17, 15) is 9.59 Å². The van der Waals surface area contributed by atoms with Crippen LogP contribution in [0, 0.1) is 0 Å². The fourth-order valence-corrected chi connectivity index (χ4v) is 1.99. The topological polar surface area (TPSA) is 52.6 Å². The van der Waals surface area contributed by atoms with Crippen molar-refractivity contribution in [3.05, 3.63) is 23.3 Å². The summed E-state index contributed by atoms with van der Waals surface area (Å²) in [5, 5.41) is 0. The van der Waals surface area contributed by atoms with Gasteiger partial charge in [0.05, 0.1) is 0 Å². The Morgan fingerprint density at radius 3 is 1.35 bits per heavy atom. The summed E-state index contributed by atoms with van der Waals surface area (Å²) >= 11 is 0. The van der Waals surface area contributed by atoms with E-state index in [1.807, 2.05) is 13.8 Å². The lowest BCUT2D eigenvalue weighted by Gasteiger charge is -2.28. The summed E-state index contributed by atoms with van der Waals surface area (Å²) in [7, 11) is 0. The quantitative estimate of drug-likeness (QED) is 0.585. The molecule has 0 radical (unpaired) electrons. The van der Waals surface area contributed by atoms with Crippen molar-refractivity contribution in [2.24, 2.45) is 0 Å². The van der Waals surface area contributed by atoms with Crippen molar-refractivity contribution in [2.75, 3.05) is 0 Å². The van der Waals surface area contributed by atoms with Crippen LogP contribution in [-0.4, -0.2) is 24.1 Å². The first kappa shape index (κ1) is 16.5. The van der Waals surface area contributed by atoms with Gasteiger partial charge >= 0.3 is 11.9 Å². The van der Waals surface area contributed by atoms with Crippen LogP contribution < -0.4 is 0 Å². The zero-order chi connectivity index (χ0) is 15.1. The first-order valence-corrected chi connectivity index (χ1v) is 7.15. The standard InChI is InChI=1S/C16H24O4/c1-5-11(3)15(17)19-13-7-9-14(10-8-13)20-16(18)12(4)6-2/h5-6,13-14H,7-10H2,1-4H3. The molecule has 0 atom stereocenters. The molecule has 1 saturated carbocycles. The zero-order valence-electron chi connectivity index (χ0n) is 12.8. The highest BCUT2D eigenvalue weighted by molar-refractivity contribution is 5.88. The van der Waals surface area contributed by atoms with Gasteiger partial charge in [0.2, 0.25) is 0 Å². The third-order valence-corrected chi connectivity index (χ3v) is 3.68.